The highest BCUT2D eigenvalue weighted by atomic mass is 16.6. The summed E-state index contributed by atoms with van der Waals surface area (Å²) in [4.78, 5) is 51.2. The first-order chi connectivity index (χ1) is 21.1. The van der Waals surface area contributed by atoms with Gasteiger partial charge in [-0.25, -0.2) is 9.59 Å². The highest BCUT2D eigenvalue weighted by Gasteiger charge is 2.33. The molecule has 4 N–H and O–H groups in total. The molecule has 0 aliphatic carbocycles. The molecular formula is C33H38N4O7. The van der Waals surface area contributed by atoms with Crippen LogP contribution in [0, 0.1) is 0 Å². The zero-order chi connectivity index (χ0) is 31.5. The second-order valence-corrected chi connectivity index (χ2v) is 11.3. The molecule has 0 spiro atoms. The summed E-state index contributed by atoms with van der Waals surface area (Å²) in [6, 6.07) is 22.8. The van der Waals surface area contributed by atoms with Crippen LogP contribution in [0.2, 0.25) is 0 Å². The van der Waals surface area contributed by atoms with Gasteiger partial charge in [-0.1, -0.05) is 66.7 Å². The van der Waals surface area contributed by atoms with Gasteiger partial charge < -0.3 is 24.8 Å². The lowest BCUT2D eigenvalue weighted by Crippen LogP contribution is -2.53. The van der Waals surface area contributed by atoms with Crippen LogP contribution in [-0.2, 0) is 25.7 Å². The monoisotopic (exact) mass is 602 g/mol. The molecule has 1 aliphatic rings. The third-order valence-corrected chi connectivity index (χ3v) is 6.66. The molecule has 0 saturated heterocycles. The summed E-state index contributed by atoms with van der Waals surface area (Å²) in [6.07, 6.45) is -0.0955. The number of ether oxygens (including phenoxy) is 3. The van der Waals surface area contributed by atoms with Gasteiger partial charge in [0.05, 0.1) is 5.92 Å². The number of carbonyl (C=O) groups excluding carboxylic acids is 4. The lowest BCUT2D eigenvalue weighted by molar-refractivity contribution is -0.130. The number of fused-ring (bicyclic) bond motifs is 2. The fourth-order valence-electron chi connectivity index (χ4n) is 4.63. The van der Waals surface area contributed by atoms with Gasteiger partial charge in [0.1, 0.15) is 29.7 Å². The molecule has 1 aliphatic heterocycles. The van der Waals surface area contributed by atoms with Crippen LogP contribution < -0.4 is 26.2 Å². The predicted molar refractivity (Wildman–Crippen MR) is 163 cm³/mol. The normalized spacial score (nSPS) is 12.8. The van der Waals surface area contributed by atoms with Crippen molar-refractivity contribution in [3.63, 3.8) is 0 Å². The summed E-state index contributed by atoms with van der Waals surface area (Å²) in [5, 5.41) is 5.27. The minimum Gasteiger partial charge on any atom is -0.457 e. The molecule has 4 amide bonds. The fraction of sp³-hybridized carbons (Fsp3) is 0.333. The van der Waals surface area contributed by atoms with Gasteiger partial charge in [0.15, 0.2) is 0 Å². The Morgan fingerprint density at radius 2 is 1.41 bits per heavy atom. The molecule has 11 nitrogen and oxygen atoms in total. The third-order valence-electron chi connectivity index (χ3n) is 6.66. The first kappa shape index (κ1) is 31.9. The van der Waals surface area contributed by atoms with E-state index in [-0.39, 0.29) is 13.0 Å². The summed E-state index contributed by atoms with van der Waals surface area (Å²) in [5.74, 6) is -0.690. The summed E-state index contributed by atoms with van der Waals surface area (Å²) >= 11 is 0. The Labute approximate surface area is 256 Å². The van der Waals surface area contributed by atoms with Crippen LogP contribution in [0.15, 0.2) is 78.9 Å². The van der Waals surface area contributed by atoms with Gasteiger partial charge in [0.2, 0.25) is 0 Å². The molecule has 0 radical (unpaired) electrons. The predicted octanol–water partition coefficient (Wildman–Crippen LogP) is 5.06. The average molecular weight is 603 g/mol. The van der Waals surface area contributed by atoms with Crippen molar-refractivity contribution in [1.29, 1.82) is 0 Å². The molecule has 4 rings (SSSR count). The Morgan fingerprint density at radius 1 is 0.795 bits per heavy atom. The molecule has 44 heavy (non-hydrogen) atoms. The van der Waals surface area contributed by atoms with E-state index in [1.165, 1.54) is 0 Å². The van der Waals surface area contributed by atoms with Crippen molar-refractivity contribution in [3.05, 3.63) is 95.6 Å². The number of para-hydroxylation sites is 2. The number of unbranched alkanes of at least 4 members (excludes halogenated alkanes) is 1. The van der Waals surface area contributed by atoms with E-state index in [0.29, 0.717) is 42.0 Å². The number of benzene rings is 3. The van der Waals surface area contributed by atoms with Crippen molar-refractivity contribution in [1.82, 2.24) is 21.5 Å². The zero-order valence-corrected chi connectivity index (χ0v) is 25.1. The SMILES string of the molecule is CC(C)(C)OC(=O)N[C@@H](CCCCNC(=O)OCc1ccccc1)C(=O)NNC(=O)C1c2ccccc2Oc2ccccc21. The number of hydrogen-bond acceptors (Lipinski definition) is 7. The smallest absolute Gasteiger partial charge is 0.408 e. The van der Waals surface area contributed by atoms with Gasteiger partial charge in [-0.15, -0.1) is 0 Å². The molecule has 1 atom stereocenters. The van der Waals surface area contributed by atoms with Gasteiger partial charge in [0.25, 0.3) is 11.8 Å². The second kappa shape index (κ2) is 14.9. The number of rotatable bonds is 10. The lowest BCUT2D eigenvalue weighted by atomic mass is 9.87. The Bertz CT molecular complexity index is 1410. The molecule has 0 fully saturated rings. The van der Waals surface area contributed by atoms with E-state index < -0.39 is 41.6 Å². The summed E-state index contributed by atoms with van der Waals surface area (Å²) < 4.78 is 16.5. The maximum atomic E-state index is 13.4. The molecule has 1 heterocycles. The molecule has 232 valence electrons. The molecular weight excluding hydrogens is 564 g/mol. The molecule has 0 aromatic heterocycles. The molecule has 3 aromatic carbocycles. The first-order valence-electron chi connectivity index (χ1n) is 14.5. The quantitative estimate of drug-likeness (QED) is 0.188. The van der Waals surface area contributed by atoms with Gasteiger partial charge in [-0.2, -0.15) is 0 Å². The van der Waals surface area contributed by atoms with Crippen molar-refractivity contribution < 1.29 is 33.4 Å². The van der Waals surface area contributed by atoms with Gasteiger partial charge in [0, 0.05) is 17.7 Å². The number of carbonyl (C=O) groups is 4. The molecule has 3 aromatic rings. The number of alkyl carbamates (subject to hydrolysis) is 2. The van der Waals surface area contributed by atoms with Crippen molar-refractivity contribution in [3.8, 4) is 11.5 Å². The van der Waals surface area contributed by atoms with Crippen molar-refractivity contribution >= 4 is 24.0 Å². The zero-order valence-electron chi connectivity index (χ0n) is 25.1. The van der Waals surface area contributed by atoms with E-state index in [0.717, 1.165) is 5.56 Å². The van der Waals surface area contributed by atoms with Crippen LogP contribution in [0.25, 0.3) is 0 Å². The maximum absolute atomic E-state index is 13.4. The standard InChI is InChI=1S/C33H38N4O7/c1-33(2,3)44-32(41)35-25(17-11-12-20-34-31(40)42-21-22-13-5-4-6-14-22)29(38)36-37-30(39)28-23-15-7-9-18-26(23)43-27-19-10-8-16-24(27)28/h4-10,13-16,18-19,25,28H,11-12,17,20-21H2,1-3H3,(H,34,40)(H,35,41)(H,36,38)(H,37,39)/t25-/m0/s1. The van der Waals surface area contributed by atoms with E-state index in [1.807, 2.05) is 54.6 Å². The summed E-state index contributed by atoms with van der Waals surface area (Å²) in [6.45, 7) is 5.62. The van der Waals surface area contributed by atoms with E-state index in [4.69, 9.17) is 14.2 Å². The molecule has 11 heteroatoms. The van der Waals surface area contributed by atoms with Gasteiger partial charge in [-0.3, -0.25) is 20.4 Å². The van der Waals surface area contributed by atoms with Crippen LogP contribution in [0.1, 0.15) is 62.6 Å². The van der Waals surface area contributed by atoms with Crippen LogP contribution in [0.5, 0.6) is 11.5 Å². The first-order valence-corrected chi connectivity index (χ1v) is 14.5. The van der Waals surface area contributed by atoms with Gasteiger partial charge >= 0.3 is 12.2 Å². The van der Waals surface area contributed by atoms with Crippen LogP contribution in [0.3, 0.4) is 0 Å². The number of hydrazine groups is 1. The van der Waals surface area contributed by atoms with Crippen molar-refractivity contribution in [2.75, 3.05) is 6.54 Å². The third kappa shape index (κ3) is 9.22. The van der Waals surface area contributed by atoms with E-state index in [2.05, 4.69) is 21.5 Å². The average Bonchev–Trinajstić information content (AvgIpc) is 3.00. The van der Waals surface area contributed by atoms with Crippen molar-refractivity contribution in [2.24, 2.45) is 0 Å². The molecule has 0 bridgehead atoms. The van der Waals surface area contributed by atoms with Crippen molar-refractivity contribution in [2.45, 2.75) is 64.2 Å². The Kier molecular flexibility index (Phi) is 10.8. The topological polar surface area (TPSA) is 144 Å². The Hall–Kier alpha value is -5.06. The fourth-order valence-corrected chi connectivity index (χ4v) is 4.63. The lowest BCUT2D eigenvalue weighted by Gasteiger charge is -2.28. The van der Waals surface area contributed by atoms with Gasteiger partial charge in [-0.05, 0) is 57.7 Å². The van der Waals surface area contributed by atoms with E-state index >= 15 is 0 Å². The van der Waals surface area contributed by atoms with Crippen LogP contribution >= 0.6 is 0 Å². The molecule has 0 unspecified atom stereocenters. The highest BCUT2D eigenvalue weighted by molar-refractivity contribution is 5.92. The highest BCUT2D eigenvalue weighted by Crippen LogP contribution is 2.43. The minimum absolute atomic E-state index is 0.158. The Balaban J connectivity index is 1.31. The summed E-state index contributed by atoms with van der Waals surface area (Å²) in [7, 11) is 0. The minimum atomic E-state index is -1.01. The van der Waals surface area contributed by atoms with Crippen LogP contribution in [0.4, 0.5) is 9.59 Å². The largest absolute Gasteiger partial charge is 0.457 e. The Morgan fingerprint density at radius 3 is 2.05 bits per heavy atom. The number of hydrogen-bond donors (Lipinski definition) is 4. The van der Waals surface area contributed by atoms with E-state index in [9.17, 15) is 19.2 Å². The second-order valence-electron chi connectivity index (χ2n) is 11.3. The maximum Gasteiger partial charge on any atom is 0.408 e. The summed E-state index contributed by atoms with van der Waals surface area (Å²) in [5.41, 5.74) is 6.41. The van der Waals surface area contributed by atoms with E-state index in [1.54, 1.807) is 45.0 Å². The number of amides is 4. The van der Waals surface area contributed by atoms with Crippen LogP contribution in [-0.4, -0.2) is 42.2 Å². The number of nitrogens with one attached hydrogen (secondary N) is 4. The molecule has 0 saturated carbocycles.